The maximum Gasteiger partial charge on any atom is 0.307 e. The predicted molar refractivity (Wildman–Crippen MR) is 70.9 cm³/mol. The Morgan fingerprint density at radius 3 is 2.68 bits per heavy atom. The van der Waals surface area contributed by atoms with Gasteiger partial charge in [0.1, 0.15) is 0 Å². The Bertz CT molecular complexity index is 444. The summed E-state index contributed by atoms with van der Waals surface area (Å²) in [6.45, 7) is 0.251. The Labute approximate surface area is 111 Å². The summed E-state index contributed by atoms with van der Waals surface area (Å²) in [6.07, 6.45) is -0.346. The van der Waals surface area contributed by atoms with E-state index in [1.54, 1.807) is 24.3 Å². The number of carbonyl (C=O) groups excluding carboxylic acids is 1. The van der Waals surface area contributed by atoms with Crippen molar-refractivity contribution in [1.29, 1.82) is 0 Å². The van der Waals surface area contributed by atoms with Gasteiger partial charge in [-0.15, -0.1) is 0 Å². The van der Waals surface area contributed by atoms with Crippen LogP contribution in [0.4, 0.5) is 5.69 Å². The van der Waals surface area contributed by atoms with E-state index < -0.39 is 5.97 Å². The summed E-state index contributed by atoms with van der Waals surface area (Å²) >= 11 is 0. The number of benzene rings is 1. The van der Waals surface area contributed by atoms with Crippen LogP contribution in [0.1, 0.15) is 12.0 Å². The molecule has 104 valence electrons. The minimum absolute atomic E-state index is 0.133. The number of nitrogens with two attached hydrogens (primary N) is 1. The Morgan fingerprint density at radius 1 is 1.42 bits per heavy atom. The smallest absolute Gasteiger partial charge is 0.307 e. The fourth-order valence-electron chi connectivity index (χ4n) is 1.63. The number of carboxylic acids is 1. The molecule has 6 heteroatoms. The Hall–Kier alpha value is -1.92. The first-order valence-corrected chi connectivity index (χ1v) is 5.89. The maximum atomic E-state index is 11.8. The second-order valence-electron chi connectivity index (χ2n) is 4.07. The number of nitrogens with one attached hydrogen (secondary N) is 1. The number of ether oxygens (including phenoxy) is 1. The topological polar surface area (TPSA) is 102 Å². The molecule has 1 atom stereocenters. The summed E-state index contributed by atoms with van der Waals surface area (Å²) < 4.78 is 5.02. The van der Waals surface area contributed by atoms with Crippen LogP contribution in [0.25, 0.3) is 0 Å². The van der Waals surface area contributed by atoms with Crippen LogP contribution in [0.5, 0.6) is 0 Å². The largest absolute Gasteiger partial charge is 0.481 e. The summed E-state index contributed by atoms with van der Waals surface area (Å²) in [6, 6.07) is 6.80. The number of methoxy groups -OCH3 is 1. The summed E-state index contributed by atoms with van der Waals surface area (Å²) in [7, 11) is 1.49. The average Bonchev–Trinajstić information content (AvgIpc) is 2.37. The van der Waals surface area contributed by atoms with E-state index in [0.717, 1.165) is 0 Å². The highest BCUT2D eigenvalue weighted by molar-refractivity contribution is 5.92. The van der Waals surface area contributed by atoms with E-state index in [9.17, 15) is 9.59 Å². The van der Waals surface area contributed by atoms with Gasteiger partial charge in [0.2, 0.25) is 5.91 Å². The van der Waals surface area contributed by atoms with Crippen molar-refractivity contribution in [3.05, 3.63) is 29.8 Å². The summed E-state index contributed by atoms with van der Waals surface area (Å²) in [5.41, 5.74) is 6.50. The molecule has 0 aliphatic rings. The highest BCUT2D eigenvalue weighted by Crippen LogP contribution is 2.16. The van der Waals surface area contributed by atoms with E-state index in [2.05, 4.69) is 5.32 Å². The standard InChI is InChI=1S/C13H18N2O4/c1-19-10(8-14)7-12(16)15-11-5-3-2-4-9(11)6-13(17)18/h2-5,10H,6-8,14H2,1H3,(H,15,16)(H,17,18). The Morgan fingerprint density at radius 2 is 2.11 bits per heavy atom. The summed E-state index contributed by atoms with van der Waals surface area (Å²) in [5.74, 6) is -1.20. The molecule has 0 spiro atoms. The third kappa shape index (κ3) is 5.07. The van der Waals surface area contributed by atoms with Crippen LogP contribution in [-0.2, 0) is 20.7 Å². The van der Waals surface area contributed by atoms with Gasteiger partial charge in [0.15, 0.2) is 0 Å². The average molecular weight is 266 g/mol. The van der Waals surface area contributed by atoms with Gasteiger partial charge in [0.05, 0.1) is 18.9 Å². The van der Waals surface area contributed by atoms with Gasteiger partial charge in [-0.1, -0.05) is 18.2 Å². The predicted octanol–water partition coefficient (Wildman–Crippen LogP) is 0.616. The molecule has 1 unspecified atom stereocenters. The lowest BCUT2D eigenvalue weighted by Gasteiger charge is -2.14. The van der Waals surface area contributed by atoms with Crippen molar-refractivity contribution in [3.63, 3.8) is 0 Å². The lowest BCUT2D eigenvalue weighted by Crippen LogP contribution is -2.28. The molecule has 1 aromatic rings. The summed E-state index contributed by atoms with van der Waals surface area (Å²) in [5, 5.41) is 11.5. The van der Waals surface area contributed by atoms with Crippen LogP contribution in [0, 0.1) is 0 Å². The first kappa shape index (κ1) is 15.1. The number of hydrogen-bond donors (Lipinski definition) is 3. The maximum absolute atomic E-state index is 11.8. The van der Waals surface area contributed by atoms with Crippen LogP contribution < -0.4 is 11.1 Å². The molecule has 0 heterocycles. The molecule has 19 heavy (non-hydrogen) atoms. The van der Waals surface area contributed by atoms with Crippen molar-refractivity contribution in [2.24, 2.45) is 5.73 Å². The first-order valence-electron chi connectivity index (χ1n) is 5.89. The van der Waals surface area contributed by atoms with E-state index in [1.807, 2.05) is 0 Å². The SMILES string of the molecule is COC(CN)CC(=O)Nc1ccccc1CC(=O)O. The number of carbonyl (C=O) groups is 2. The lowest BCUT2D eigenvalue weighted by atomic mass is 10.1. The zero-order valence-electron chi connectivity index (χ0n) is 10.8. The number of amides is 1. The van der Waals surface area contributed by atoms with Crippen molar-refractivity contribution in [2.45, 2.75) is 18.9 Å². The zero-order valence-corrected chi connectivity index (χ0v) is 10.8. The fraction of sp³-hybridized carbons (Fsp3) is 0.385. The zero-order chi connectivity index (χ0) is 14.3. The van der Waals surface area contributed by atoms with Gasteiger partial charge in [-0.2, -0.15) is 0 Å². The van der Waals surface area contributed by atoms with Crippen LogP contribution in [0.15, 0.2) is 24.3 Å². The van der Waals surface area contributed by atoms with E-state index in [4.69, 9.17) is 15.6 Å². The van der Waals surface area contributed by atoms with Crippen molar-refractivity contribution < 1.29 is 19.4 Å². The number of para-hydroxylation sites is 1. The van der Waals surface area contributed by atoms with Crippen molar-refractivity contribution in [1.82, 2.24) is 0 Å². The second-order valence-corrected chi connectivity index (χ2v) is 4.07. The molecule has 0 aromatic heterocycles. The Balaban J connectivity index is 2.70. The molecule has 1 aromatic carbocycles. The van der Waals surface area contributed by atoms with Crippen molar-refractivity contribution >= 4 is 17.6 Å². The van der Waals surface area contributed by atoms with E-state index in [-0.39, 0.29) is 31.4 Å². The van der Waals surface area contributed by atoms with Gasteiger partial charge < -0.3 is 20.9 Å². The molecule has 0 fully saturated rings. The van der Waals surface area contributed by atoms with Crippen molar-refractivity contribution in [2.75, 3.05) is 19.0 Å². The van der Waals surface area contributed by atoms with Gasteiger partial charge >= 0.3 is 5.97 Å². The molecular formula is C13H18N2O4. The molecular weight excluding hydrogens is 248 g/mol. The lowest BCUT2D eigenvalue weighted by molar-refractivity contribution is -0.136. The van der Waals surface area contributed by atoms with Gasteiger partial charge in [0.25, 0.3) is 0 Å². The number of rotatable bonds is 7. The van der Waals surface area contributed by atoms with E-state index >= 15 is 0 Å². The third-order valence-electron chi connectivity index (χ3n) is 2.64. The minimum Gasteiger partial charge on any atom is -0.481 e. The third-order valence-corrected chi connectivity index (χ3v) is 2.64. The summed E-state index contributed by atoms with van der Waals surface area (Å²) in [4.78, 5) is 22.5. The van der Waals surface area contributed by atoms with Gasteiger partial charge in [-0.05, 0) is 11.6 Å². The minimum atomic E-state index is -0.946. The van der Waals surface area contributed by atoms with Crippen LogP contribution >= 0.6 is 0 Å². The van der Waals surface area contributed by atoms with Gasteiger partial charge in [-0.25, -0.2) is 0 Å². The normalized spacial score (nSPS) is 11.9. The second kappa shape index (κ2) is 7.50. The quantitative estimate of drug-likeness (QED) is 0.671. The molecule has 0 aliphatic heterocycles. The number of carboxylic acid groups (broad SMARTS) is 1. The molecule has 0 saturated carbocycles. The fourth-order valence-corrected chi connectivity index (χ4v) is 1.63. The molecule has 1 amide bonds. The monoisotopic (exact) mass is 266 g/mol. The van der Waals surface area contributed by atoms with E-state index in [1.165, 1.54) is 7.11 Å². The van der Waals surface area contributed by atoms with Gasteiger partial charge in [0, 0.05) is 19.3 Å². The number of anilines is 1. The first-order chi connectivity index (χ1) is 9.06. The molecule has 0 aliphatic carbocycles. The molecule has 6 nitrogen and oxygen atoms in total. The molecule has 4 N–H and O–H groups in total. The van der Waals surface area contributed by atoms with E-state index in [0.29, 0.717) is 11.3 Å². The number of hydrogen-bond acceptors (Lipinski definition) is 4. The van der Waals surface area contributed by atoms with Crippen LogP contribution in [0.3, 0.4) is 0 Å². The van der Waals surface area contributed by atoms with Crippen molar-refractivity contribution in [3.8, 4) is 0 Å². The van der Waals surface area contributed by atoms with Crippen LogP contribution in [-0.4, -0.2) is 36.7 Å². The molecule has 1 rings (SSSR count). The highest BCUT2D eigenvalue weighted by atomic mass is 16.5. The Kier molecular flexibility index (Phi) is 5.98. The molecule has 0 radical (unpaired) electrons. The molecule has 0 bridgehead atoms. The van der Waals surface area contributed by atoms with Crippen LogP contribution in [0.2, 0.25) is 0 Å². The van der Waals surface area contributed by atoms with Gasteiger partial charge in [-0.3, -0.25) is 9.59 Å². The highest BCUT2D eigenvalue weighted by Gasteiger charge is 2.13. The number of aliphatic carboxylic acids is 1. The molecule has 0 saturated heterocycles.